The van der Waals surface area contributed by atoms with Crippen molar-refractivity contribution in [1.29, 1.82) is 0 Å². The highest BCUT2D eigenvalue weighted by molar-refractivity contribution is 6.43. The minimum atomic E-state index is -0.877. The first-order valence-electron chi connectivity index (χ1n) is 32.0. The molecule has 10 rings (SSSR count). The number of rotatable bonds is 23. The SMILES string of the molecule is CC(C)(C)OC(=O)N1CCC(c2ccc(OCCOc3c(Cl)cccc3Cl)cc2)=C(C(=O)N(Cc2cccc(Cl)c2Cl)C2CC2)[C@H]1CN.CC(C)(C)OC(=O)N1CCC(c2ccc(OCCOc3c(Cl)cccc3Cl)cc2)=C(C(=O)N(Cc2cccc(Cl)c2Cl)C2CC2)[C@H]1CN=[N+]=[N-]. The number of azide groups is 1. The van der Waals surface area contributed by atoms with Crippen molar-refractivity contribution in [3.63, 3.8) is 0 Å². The van der Waals surface area contributed by atoms with Gasteiger partial charge >= 0.3 is 12.2 Å². The average molecular weight is 1500 g/mol. The Morgan fingerprint density at radius 2 is 0.857 bits per heavy atom. The van der Waals surface area contributed by atoms with Gasteiger partial charge in [0.15, 0.2) is 11.5 Å². The van der Waals surface area contributed by atoms with Gasteiger partial charge in [-0.25, -0.2) is 9.59 Å². The normalized spacial score (nSPS) is 16.3. The number of ether oxygens (including phenoxy) is 6. The third kappa shape index (κ3) is 19.7. The number of nitrogens with zero attached hydrogens (tertiary/aromatic N) is 7. The van der Waals surface area contributed by atoms with Crippen molar-refractivity contribution in [2.75, 3.05) is 52.6 Å². The third-order valence-corrected chi connectivity index (χ3v) is 19.1. The lowest BCUT2D eigenvalue weighted by atomic mass is 9.87. The molecule has 0 bridgehead atoms. The fourth-order valence-electron chi connectivity index (χ4n) is 11.4. The molecular weight excluding hydrogens is 1420 g/mol. The van der Waals surface area contributed by atoms with Crippen LogP contribution in [0.4, 0.5) is 9.59 Å². The number of carbonyl (C=O) groups is 4. The van der Waals surface area contributed by atoms with Gasteiger partial charge in [-0.2, -0.15) is 0 Å². The first-order chi connectivity index (χ1) is 46.7. The molecule has 18 nitrogen and oxygen atoms in total. The van der Waals surface area contributed by atoms with Gasteiger partial charge in [-0.1, -0.05) is 159 Å². The minimum absolute atomic E-state index is 0.0260. The first kappa shape index (κ1) is 75.3. The van der Waals surface area contributed by atoms with E-state index in [0.29, 0.717) is 99.3 Å². The Balaban J connectivity index is 0.000000229. The molecule has 2 N–H and O–H groups in total. The number of nitrogens with two attached hydrogens (primary N) is 1. The second kappa shape index (κ2) is 34.0. The van der Waals surface area contributed by atoms with Crippen molar-refractivity contribution in [3.05, 3.63) is 205 Å². The Labute approximate surface area is 611 Å². The van der Waals surface area contributed by atoms with Crippen molar-refractivity contribution in [2.45, 2.75) is 129 Å². The van der Waals surface area contributed by atoms with Crippen LogP contribution in [0.1, 0.15) is 102 Å². The molecule has 2 heterocycles. The van der Waals surface area contributed by atoms with E-state index in [-0.39, 0.29) is 83.0 Å². The number of hydrogen-bond acceptors (Lipinski definition) is 12. The molecule has 6 aromatic rings. The molecule has 2 fully saturated rings. The molecule has 4 amide bonds. The van der Waals surface area contributed by atoms with Crippen molar-refractivity contribution in [3.8, 4) is 23.0 Å². The van der Waals surface area contributed by atoms with Gasteiger partial charge in [-0.05, 0) is 180 Å². The predicted molar refractivity (Wildman–Crippen MR) is 387 cm³/mol. The van der Waals surface area contributed by atoms with E-state index in [1.54, 1.807) is 97.3 Å². The van der Waals surface area contributed by atoms with Crippen LogP contribution >= 0.6 is 92.8 Å². The van der Waals surface area contributed by atoms with Gasteiger partial charge in [0, 0.05) is 60.9 Å². The predicted octanol–water partition coefficient (Wildman–Crippen LogP) is 18.7. The van der Waals surface area contributed by atoms with Crippen LogP contribution in [0.15, 0.2) is 138 Å². The number of amides is 4. The summed E-state index contributed by atoms with van der Waals surface area (Å²) in [7, 11) is 0. The molecule has 2 atom stereocenters. The van der Waals surface area contributed by atoms with E-state index in [0.717, 1.165) is 53.5 Å². The van der Waals surface area contributed by atoms with Crippen LogP contribution in [0.25, 0.3) is 21.6 Å². The Morgan fingerprint density at radius 3 is 1.21 bits per heavy atom. The van der Waals surface area contributed by atoms with Gasteiger partial charge in [-0.15, -0.1) is 0 Å². The maximum Gasteiger partial charge on any atom is 0.410 e. The van der Waals surface area contributed by atoms with Gasteiger partial charge in [-0.3, -0.25) is 14.5 Å². The smallest absolute Gasteiger partial charge is 0.410 e. The highest BCUT2D eigenvalue weighted by Gasteiger charge is 2.45. The Morgan fingerprint density at radius 1 is 0.510 bits per heavy atom. The molecule has 0 saturated heterocycles. The topological polar surface area (TPSA) is 211 Å². The Kier molecular flexibility index (Phi) is 26.1. The summed E-state index contributed by atoms with van der Waals surface area (Å²) in [5.74, 6) is 1.54. The number of hydrogen-bond donors (Lipinski definition) is 1. The summed E-state index contributed by atoms with van der Waals surface area (Å²) in [6.45, 7) is 12.7. The maximum absolute atomic E-state index is 14.8. The highest BCUT2D eigenvalue weighted by Crippen LogP contribution is 2.42. The molecule has 4 aliphatic rings. The quantitative estimate of drug-likeness (QED) is 0.0276. The summed E-state index contributed by atoms with van der Waals surface area (Å²) in [4.78, 5) is 66.1. The summed E-state index contributed by atoms with van der Waals surface area (Å²) in [6, 6.07) is 34.3. The van der Waals surface area contributed by atoms with E-state index < -0.39 is 35.5 Å². The number of para-hydroxylation sites is 2. The lowest BCUT2D eigenvalue weighted by molar-refractivity contribution is -0.129. The molecular formula is C72H76Cl8N8O10. The minimum Gasteiger partial charge on any atom is -0.490 e. The molecule has 2 aliphatic heterocycles. The molecule has 2 aliphatic carbocycles. The molecule has 98 heavy (non-hydrogen) atoms. The summed E-state index contributed by atoms with van der Waals surface area (Å²) >= 11 is 50.5. The van der Waals surface area contributed by atoms with Crippen LogP contribution < -0.4 is 24.7 Å². The van der Waals surface area contributed by atoms with E-state index in [1.165, 1.54) is 4.90 Å². The zero-order valence-corrected chi connectivity index (χ0v) is 61.0. The van der Waals surface area contributed by atoms with Crippen molar-refractivity contribution in [1.82, 2.24) is 19.6 Å². The van der Waals surface area contributed by atoms with Crippen molar-refractivity contribution >= 4 is 128 Å². The van der Waals surface area contributed by atoms with Gasteiger partial charge in [0.25, 0.3) is 11.8 Å². The van der Waals surface area contributed by atoms with E-state index in [4.69, 9.17) is 127 Å². The van der Waals surface area contributed by atoms with Gasteiger partial charge in [0.05, 0.1) is 58.8 Å². The third-order valence-electron chi connectivity index (χ3n) is 16.2. The van der Waals surface area contributed by atoms with E-state index in [1.807, 2.05) is 80.3 Å². The summed E-state index contributed by atoms with van der Waals surface area (Å²) in [5.41, 5.74) is 19.6. The van der Waals surface area contributed by atoms with E-state index >= 15 is 0 Å². The second-order valence-corrected chi connectivity index (χ2v) is 28.8. The standard InChI is InChI=1S/C36H37Cl4N5O5.C36H39Cl4N3O5/c1-36(2,3)50-35(47)44-17-16-26(22-10-14-25(15-11-22)48-18-19-49-33-28(38)8-5-9-29(33)39)31(30(44)20-42-43-41)34(46)45(24-12-13-24)21-23-6-4-7-27(37)32(23)40;1-36(2,3)48-35(45)42-17-16-26(22-10-14-25(15-11-22)46-18-19-47-33-28(38)8-5-9-29(33)39)31(30(42)20-41)34(44)43(24-12-13-24)21-23-6-4-7-27(37)32(23)40/h4-11,14-15,24,30H,12-13,16-21H2,1-3H3;4-11,14-15,24,30H,12-13,16-21,41H2,1-3H3/t2*30-/m11/s1. The molecule has 6 aromatic carbocycles. The van der Waals surface area contributed by atoms with Crippen molar-refractivity contribution in [2.24, 2.45) is 10.8 Å². The van der Waals surface area contributed by atoms with Crippen LogP contribution in [-0.4, -0.2) is 132 Å². The maximum atomic E-state index is 14.8. The molecule has 2 saturated carbocycles. The molecule has 520 valence electrons. The van der Waals surface area contributed by atoms with E-state index in [2.05, 4.69) is 10.0 Å². The number of carbonyl (C=O) groups excluding carboxylic acids is 4. The van der Waals surface area contributed by atoms with Crippen LogP contribution in [0.3, 0.4) is 0 Å². The molecule has 0 unspecified atom stereocenters. The Bertz CT molecular complexity index is 3940. The van der Waals surface area contributed by atoms with Crippen LogP contribution in [-0.2, 0) is 32.2 Å². The van der Waals surface area contributed by atoms with Crippen LogP contribution in [0.2, 0.25) is 40.2 Å². The van der Waals surface area contributed by atoms with Gasteiger partial charge in [0.1, 0.15) is 49.1 Å². The average Bonchev–Trinajstić information content (AvgIpc) is 1.69. The largest absolute Gasteiger partial charge is 0.490 e. The highest BCUT2D eigenvalue weighted by atomic mass is 35.5. The zero-order chi connectivity index (χ0) is 70.6. The molecule has 26 heteroatoms. The van der Waals surface area contributed by atoms with E-state index in [9.17, 15) is 24.7 Å². The number of benzene rings is 6. The fraction of sp³-hybridized carbons (Fsp3) is 0.389. The second-order valence-electron chi connectivity index (χ2n) is 25.6. The zero-order valence-electron chi connectivity index (χ0n) is 55.0. The molecule has 0 aromatic heterocycles. The lowest BCUT2D eigenvalue weighted by Gasteiger charge is -2.40. The molecule has 0 radical (unpaired) electrons. The Hall–Kier alpha value is -6.93. The van der Waals surface area contributed by atoms with Gasteiger partial charge < -0.3 is 48.9 Å². The van der Waals surface area contributed by atoms with Crippen LogP contribution in [0, 0.1) is 0 Å². The number of halogens is 8. The monoisotopic (exact) mass is 1490 g/mol. The summed E-state index contributed by atoms with van der Waals surface area (Å²) in [5, 5.41) is 7.12. The van der Waals surface area contributed by atoms with Crippen molar-refractivity contribution < 1.29 is 47.6 Å². The fourth-order valence-corrected chi connectivity index (χ4v) is 13.2. The summed E-state index contributed by atoms with van der Waals surface area (Å²) < 4.78 is 34.7. The lowest BCUT2D eigenvalue weighted by Crippen LogP contribution is -2.53. The van der Waals surface area contributed by atoms with Gasteiger partial charge in [0.2, 0.25) is 0 Å². The molecule has 0 spiro atoms. The first-order valence-corrected chi connectivity index (χ1v) is 35.0. The summed E-state index contributed by atoms with van der Waals surface area (Å²) in [6.07, 6.45) is 3.06. The van der Waals surface area contributed by atoms with Crippen LogP contribution in [0.5, 0.6) is 23.0 Å².